The number of carbonyl (C=O) groups excluding carboxylic acids is 1. The third kappa shape index (κ3) is 2.40. The fourth-order valence-electron chi connectivity index (χ4n) is 3.62. The second-order valence-electron chi connectivity index (χ2n) is 6.32. The van der Waals surface area contributed by atoms with E-state index in [1.807, 2.05) is 18.2 Å². The fraction of sp³-hybridized carbons (Fsp3) is 0.333. The number of benzene rings is 1. The Morgan fingerprint density at radius 3 is 3.00 bits per heavy atom. The van der Waals surface area contributed by atoms with E-state index in [2.05, 4.69) is 15.5 Å². The molecule has 1 atom stereocenters. The van der Waals surface area contributed by atoms with Gasteiger partial charge in [-0.1, -0.05) is 16.8 Å². The van der Waals surface area contributed by atoms with Crippen LogP contribution in [-0.4, -0.2) is 16.0 Å². The van der Waals surface area contributed by atoms with Crippen LogP contribution in [0.25, 0.3) is 10.9 Å². The van der Waals surface area contributed by atoms with Gasteiger partial charge in [-0.3, -0.25) is 4.79 Å². The molecule has 1 unspecified atom stereocenters. The molecule has 2 aromatic heterocycles. The Labute approximate surface area is 144 Å². The summed E-state index contributed by atoms with van der Waals surface area (Å²) in [5.41, 5.74) is 4.54. The second kappa shape index (κ2) is 5.67. The van der Waals surface area contributed by atoms with Crippen LogP contribution in [0, 0.1) is 13.8 Å². The molecule has 2 heterocycles. The highest BCUT2D eigenvalue weighted by Crippen LogP contribution is 2.36. The number of rotatable bonds is 2. The van der Waals surface area contributed by atoms with Crippen LogP contribution in [0.5, 0.6) is 0 Å². The second-order valence-corrected chi connectivity index (χ2v) is 6.76. The van der Waals surface area contributed by atoms with Crippen molar-refractivity contribution in [2.24, 2.45) is 0 Å². The molecule has 124 valence electrons. The topological polar surface area (TPSA) is 70.9 Å². The Bertz CT molecular complexity index is 922. The number of fused-ring (bicyclic) bond motifs is 3. The first kappa shape index (κ1) is 15.3. The van der Waals surface area contributed by atoms with Crippen molar-refractivity contribution in [3.8, 4) is 0 Å². The van der Waals surface area contributed by atoms with Gasteiger partial charge in [0.1, 0.15) is 11.3 Å². The van der Waals surface area contributed by atoms with Gasteiger partial charge in [0.05, 0.1) is 11.7 Å². The van der Waals surface area contributed by atoms with E-state index in [9.17, 15) is 4.79 Å². The first-order valence-corrected chi connectivity index (χ1v) is 8.46. The van der Waals surface area contributed by atoms with Gasteiger partial charge in [-0.05, 0) is 56.9 Å². The Hall–Kier alpha value is -2.27. The third-order valence-electron chi connectivity index (χ3n) is 4.73. The van der Waals surface area contributed by atoms with Crippen LogP contribution in [0.1, 0.15) is 52.0 Å². The molecule has 1 amide bonds. The highest BCUT2D eigenvalue weighted by Gasteiger charge is 2.27. The van der Waals surface area contributed by atoms with Crippen molar-refractivity contribution in [2.75, 3.05) is 0 Å². The number of halogens is 1. The molecule has 5 nitrogen and oxygen atoms in total. The lowest BCUT2D eigenvalue weighted by atomic mass is 9.91. The summed E-state index contributed by atoms with van der Waals surface area (Å²) in [4.78, 5) is 16.1. The van der Waals surface area contributed by atoms with Gasteiger partial charge in [-0.15, -0.1) is 0 Å². The van der Waals surface area contributed by atoms with Crippen LogP contribution in [-0.2, 0) is 6.42 Å². The smallest absolute Gasteiger partial charge is 0.257 e. The molecule has 24 heavy (non-hydrogen) atoms. The van der Waals surface area contributed by atoms with Gasteiger partial charge >= 0.3 is 0 Å². The lowest BCUT2D eigenvalue weighted by molar-refractivity contribution is 0.0930. The maximum Gasteiger partial charge on any atom is 0.257 e. The van der Waals surface area contributed by atoms with Gasteiger partial charge in [0, 0.05) is 21.6 Å². The molecular formula is C18H18ClN3O2. The van der Waals surface area contributed by atoms with Crippen molar-refractivity contribution >= 4 is 28.4 Å². The molecule has 1 aliphatic carbocycles. The summed E-state index contributed by atoms with van der Waals surface area (Å²) in [5.74, 6) is 0.408. The van der Waals surface area contributed by atoms with Crippen LogP contribution in [0.15, 0.2) is 22.7 Å². The summed E-state index contributed by atoms with van der Waals surface area (Å²) in [6, 6.07) is 5.82. The van der Waals surface area contributed by atoms with Crippen molar-refractivity contribution < 1.29 is 9.32 Å². The number of hydrogen-bond donors (Lipinski definition) is 2. The van der Waals surface area contributed by atoms with Gasteiger partial charge < -0.3 is 14.8 Å². The standard InChI is InChI=1S/C18H18ClN3O2/c1-9-16(10(2)24-22-9)18(23)21-15-5-3-4-12-13-8-11(19)6-7-14(13)20-17(12)15/h6-8,15,20H,3-5H2,1-2H3,(H,21,23). The molecule has 0 bridgehead atoms. The van der Waals surface area contributed by atoms with Crippen LogP contribution >= 0.6 is 11.6 Å². The summed E-state index contributed by atoms with van der Waals surface area (Å²) in [6.45, 7) is 3.54. The molecule has 1 aromatic carbocycles. The van der Waals surface area contributed by atoms with Crippen molar-refractivity contribution in [1.82, 2.24) is 15.5 Å². The van der Waals surface area contributed by atoms with E-state index in [-0.39, 0.29) is 11.9 Å². The molecule has 0 fully saturated rings. The summed E-state index contributed by atoms with van der Waals surface area (Å²) in [5, 5.41) is 8.87. The molecule has 2 N–H and O–H groups in total. The van der Waals surface area contributed by atoms with Crippen molar-refractivity contribution in [3.05, 3.63) is 51.5 Å². The molecule has 4 rings (SSSR count). The normalized spacial score (nSPS) is 17.0. The number of aryl methyl sites for hydroxylation is 3. The highest BCUT2D eigenvalue weighted by molar-refractivity contribution is 6.31. The van der Waals surface area contributed by atoms with E-state index in [1.165, 1.54) is 5.56 Å². The number of H-pyrrole nitrogens is 1. The van der Waals surface area contributed by atoms with E-state index in [0.717, 1.165) is 40.9 Å². The number of aromatic amines is 1. The Balaban J connectivity index is 1.69. The fourth-order valence-corrected chi connectivity index (χ4v) is 3.79. The zero-order valence-corrected chi connectivity index (χ0v) is 14.3. The van der Waals surface area contributed by atoms with Crippen molar-refractivity contribution in [1.29, 1.82) is 0 Å². The molecule has 3 aromatic rings. The average Bonchev–Trinajstić information content (AvgIpc) is 3.08. The predicted molar refractivity (Wildman–Crippen MR) is 92.4 cm³/mol. The zero-order valence-electron chi connectivity index (χ0n) is 13.6. The predicted octanol–water partition coefficient (Wildman–Crippen LogP) is 4.23. The monoisotopic (exact) mass is 343 g/mol. The molecule has 0 saturated heterocycles. The van der Waals surface area contributed by atoms with Gasteiger partial charge in [0.25, 0.3) is 5.91 Å². The minimum absolute atomic E-state index is 0.0406. The van der Waals surface area contributed by atoms with Crippen LogP contribution in [0.2, 0.25) is 5.02 Å². The third-order valence-corrected chi connectivity index (χ3v) is 4.97. The lowest BCUT2D eigenvalue weighted by Gasteiger charge is -2.23. The Morgan fingerprint density at radius 2 is 2.25 bits per heavy atom. The largest absolute Gasteiger partial charge is 0.361 e. The van der Waals surface area contributed by atoms with Crippen molar-refractivity contribution in [3.63, 3.8) is 0 Å². The number of amides is 1. The number of nitrogens with one attached hydrogen (secondary N) is 2. The molecule has 0 spiro atoms. The average molecular weight is 344 g/mol. The van der Waals surface area contributed by atoms with Crippen LogP contribution in [0.4, 0.5) is 0 Å². The minimum Gasteiger partial charge on any atom is -0.361 e. The van der Waals surface area contributed by atoms with Gasteiger partial charge in [-0.2, -0.15) is 0 Å². The van der Waals surface area contributed by atoms with Gasteiger partial charge in [0.15, 0.2) is 0 Å². The van der Waals surface area contributed by atoms with Gasteiger partial charge in [-0.25, -0.2) is 0 Å². The number of carbonyl (C=O) groups is 1. The number of nitrogens with zero attached hydrogens (tertiary/aromatic N) is 1. The number of aromatic nitrogens is 2. The summed E-state index contributed by atoms with van der Waals surface area (Å²) in [7, 11) is 0. The summed E-state index contributed by atoms with van der Waals surface area (Å²) < 4.78 is 5.10. The van der Waals surface area contributed by atoms with Crippen molar-refractivity contribution in [2.45, 2.75) is 39.2 Å². The lowest BCUT2D eigenvalue weighted by Crippen LogP contribution is -2.31. The first-order chi connectivity index (χ1) is 11.5. The summed E-state index contributed by atoms with van der Waals surface area (Å²) in [6.07, 6.45) is 2.93. The van der Waals surface area contributed by atoms with E-state index in [0.29, 0.717) is 17.0 Å². The zero-order chi connectivity index (χ0) is 16.8. The quantitative estimate of drug-likeness (QED) is 0.731. The Kier molecular flexibility index (Phi) is 3.61. The Morgan fingerprint density at radius 1 is 1.42 bits per heavy atom. The molecular weight excluding hydrogens is 326 g/mol. The van der Waals surface area contributed by atoms with Crippen LogP contribution in [0.3, 0.4) is 0 Å². The molecule has 0 radical (unpaired) electrons. The van der Waals surface area contributed by atoms with E-state index in [4.69, 9.17) is 16.1 Å². The number of hydrogen-bond acceptors (Lipinski definition) is 3. The maximum atomic E-state index is 12.6. The maximum absolute atomic E-state index is 12.6. The van der Waals surface area contributed by atoms with Crippen LogP contribution < -0.4 is 5.32 Å². The minimum atomic E-state index is -0.138. The van der Waals surface area contributed by atoms with E-state index in [1.54, 1.807) is 13.8 Å². The molecule has 0 aliphatic heterocycles. The first-order valence-electron chi connectivity index (χ1n) is 8.08. The molecule has 0 saturated carbocycles. The summed E-state index contributed by atoms with van der Waals surface area (Å²) >= 11 is 6.14. The highest BCUT2D eigenvalue weighted by atomic mass is 35.5. The van der Waals surface area contributed by atoms with E-state index >= 15 is 0 Å². The molecule has 6 heteroatoms. The van der Waals surface area contributed by atoms with E-state index < -0.39 is 0 Å². The molecule has 1 aliphatic rings. The SMILES string of the molecule is Cc1noc(C)c1C(=O)NC1CCCc2c1[nH]c1ccc(Cl)cc21. The van der Waals surface area contributed by atoms with Gasteiger partial charge in [0.2, 0.25) is 0 Å².